The van der Waals surface area contributed by atoms with Crippen LogP contribution in [0.4, 0.5) is 18.2 Å². The number of aromatic nitrogens is 3. The second kappa shape index (κ2) is 6.91. The molecule has 12 heteroatoms. The third-order valence-corrected chi connectivity index (χ3v) is 6.07. The van der Waals surface area contributed by atoms with Crippen molar-refractivity contribution < 1.29 is 22.8 Å². The minimum absolute atomic E-state index is 0.0312. The second-order valence-corrected chi connectivity index (χ2v) is 7.67. The molecule has 3 N–H and O–H groups in total. The van der Waals surface area contributed by atoms with Crippen LogP contribution in [0.1, 0.15) is 33.0 Å². The third kappa shape index (κ3) is 3.56. The number of hydrogen-bond acceptors (Lipinski definition) is 6. The normalized spacial score (nSPS) is 13.7. The number of hydrogen-bond donors (Lipinski definition) is 2. The molecule has 3 rings (SSSR count). The smallest absolute Gasteiger partial charge is 0.365 e. The fraction of sp³-hybridized carbons (Fsp3) is 0.429. The first-order valence-electron chi connectivity index (χ1n) is 7.52. The van der Waals surface area contributed by atoms with Crippen molar-refractivity contribution in [2.45, 2.75) is 30.6 Å². The summed E-state index contributed by atoms with van der Waals surface area (Å²) in [6.07, 6.45) is -2.09. The maximum atomic E-state index is 12.7. The monoisotopic (exact) mass is 405 g/mol. The highest BCUT2D eigenvalue weighted by Crippen LogP contribution is 2.39. The quantitative estimate of drug-likeness (QED) is 0.743. The summed E-state index contributed by atoms with van der Waals surface area (Å²) < 4.78 is 38.9. The summed E-state index contributed by atoms with van der Waals surface area (Å²) in [5.74, 6) is -2.37. The zero-order valence-corrected chi connectivity index (χ0v) is 15.1. The first-order chi connectivity index (χ1) is 12.2. The van der Waals surface area contributed by atoms with Gasteiger partial charge in [-0.2, -0.15) is 13.2 Å². The predicted molar refractivity (Wildman–Crippen MR) is 90.2 cm³/mol. The van der Waals surface area contributed by atoms with Crippen molar-refractivity contribution in [3.63, 3.8) is 0 Å². The molecule has 1 aliphatic rings. The molecule has 0 aromatic carbocycles. The summed E-state index contributed by atoms with van der Waals surface area (Å²) in [6.45, 7) is 0. The maximum Gasteiger partial charge on any atom is 0.451 e. The number of nitrogens with zero attached hydrogens (tertiary/aromatic N) is 3. The Morgan fingerprint density at radius 2 is 2.08 bits per heavy atom. The maximum absolute atomic E-state index is 12.7. The van der Waals surface area contributed by atoms with Crippen LogP contribution in [0.25, 0.3) is 0 Å². The molecule has 140 valence electrons. The molecule has 0 atom stereocenters. The Balaban J connectivity index is 1.68. The van der Waals surface area contributed by atoms with E-state index in [4.69, 9.17) is 5.73 Å². The highest BCUT2D eigenvalue weighted by atomic mass is 32.2. The molecule has 2 amide bonds. The summed E-state index contributed by atoms with van der Waals surface area (Å²) >= 11 is 2.14. The van der Waals surface area contributed by atoms with Gasteiger partial charge in [-0.15, -0.1) is 21.5 Å². The van der Waals surface area contributed by atoms with Crippen LogP contribution in [-0.4, -0.2) is 32.3 Å². The lowest BCUT2D eigenvalue weighted by atomic mass is 10.1. The molecule has 2 aromatic heterocycles. The first kappa shape index (κ1) is 18.7. The predicted octanol–water partition coefficient (Wildman–Crippen LogP) is 2.21. The fourth-order valence-electron chi connectivity index (χ4n) is 2.73. The third-order valence-electron chi connectivity index (χ3n) is 3.84. The van der Waals surface area contributed by atoms with Crippen molar-refractivity contribution in [3.8, 4) is 0 Å². The van der Waals surface area contributed by atoms with Gasteiger partial charge in [0.05, 0.1) is 11.3 Å². The van der Waals surface area contributed by atoms with Crippen molar-refractivity contribution in [2.24, 2.45) is 12.8 Å². The van der Waals surface area contributed by atoms with Gasteiger partial charge in [-0.3, -0.25) is 9.59 Å². The second-order valence-electron chi connectivity index (χ2n) is 5.63. The minimum Gasteiger partial charge on any atom is -0.365 e. The zero-order valence-electron chi connectivity index (χ0n) is 13.5. The summed E-state index contributed by atoms with van der Waals surface area (Å²) in [7, 11) is 1.18. The van der Waals surface area contributed by atoms with E-state index in [0.29, 0.717) is 10.6 Å². The summed E-state index contributed by atoms with van der Waals surface area (Å²) in [5.41, 5.74) is 6.63. The van der Waals surface area contributed by atoms with Crippen molar-refractivity contribution in [2.75, 3.05) is 11.1 Å². The lowest BCUT2D eigenvalue weighted by molar-refractivity contribution is -0.147. The summed E-state index contributed by atoms with van der Waals surface area (Å²) in [4.78, 5) is 24.9. The zero-order chi connectivity index (χ0) is 19.1. The first-order valence-corrected chi connectivity index (χ1v) is 9.32. The lowest BCUT2D eigenvalue weighted by Gasteiger charge is -2.07. The number of carbonyl (C=O) groups excluding carboxylic acids is 2. The van der Waals surface area contributed by atoms with Gasteiger partial charge < -0.3 is 15.6 Å². The van der Waals surface area contributed by atoms with Gasteiger partial charge in [-0.25, -0.2) is 0 Å². The van der Waals surface area contributed by atoms with E-state index in [-0.39, 0.29) is 10.9 Å². The number of anilines is 1. The van der Waals surface area contributed by atoms with Crippen LogP contribution >= 0.6 is 23.1 Å². The SMILES string of the molecule is Cn1c(SCC(=O)Nc2sc3c(c2C(N)=O)CCC3)nnc1C(F)(F)F. The van der Waals surface area contributed by atoms with Crippen LogP contribution in [-0.2, 0) is 30.9 Å². The lowest BCUT2D eigenvalue weighted by Crippen LogP contribution is -2.19. The number of carbonyl (C=O) groups is 2. The Labute approximate surface area is 154 Å². The number of thiophene rings is 1. The van der Waals surface area contributed by atoms with Gasteiger partial charge in [0, 0.05) is 11.9 Å². The Kier molecular flexibility index (Phi) is 4.97. The van der Waals surface area contributed by atoms with E-state index in [1.807, 2.05) is 0 Å². The van der Waals surface area contributed by atoms with E-state index in [1.54, 1.807) is 0 Å². The van der Waals surface area contributed by atoms with Crippen molar-refractivity contribution in [1.82, 2.24) is 14.8 Å². The number of nitrogens with one attached hydrogen (secondary N) is 1. The average Bonchev–Trinajstić information content (AvgIpc) is 3.18. The molecule has 26 heavy (non-hydrogen) atoms. The number of amides is 2. The van der Waals surface area contributed by atoms with Gasteiger partial charge >= 0.3 is 6.18 Å². The molecule has 0 saturated carbocycles. The van der Waals surface area contributed by atoms with E-state index >= 15 is 0 Å². The molecule has 0 bridgehead atoms. The summed E-state index contributed by atoms with van der Waals surface area (Å²) in [6, 6.07) is 0. The van der Waals surface area contributed by atoms with Gasteiger partial charge in [0.1, 0.15) is 5.00 Å². The molecular weight excluding hydrogens is 391 g/mol. The van der Waals surface area contributed by atoms with Gasteiger partial charge in [0.15, 0.2) is 5.16 Å². The topological polar surface area (TPSA) is 103 Å². The van der Waals surface area contributed by atoms with E-state index in [0.717, 1.165) is 46.0 Å². The van der Waals surface area contributed by atoms with Crippen LogP contribution in [0.3, 0.4) is 0 Å². The molecule has 2 heterocycles. The van der Waals surface area contributed by atoms with Gasteiger partial charge in [-0.05, 0) is 24.8 Å². The number of thioether (sulfide) groups is 1. The Bertz CT molecular complexity index is 875. The number of halogens is 3. The van der Waals surface area contributed by atoms with E-state index in [2.05, 4.69) is 15.5 Å². The number of aryl methyl sites for hydroxylation is 1. The van der Waals surface area contributed by atoms with Crippen LogP contribution in [0.2, 0.25) is 0 Å². The minimum atomic E-state index is -4.61. The average molecular weight is 405 g/mol. The van der Waals surface area contributed by atoms with Crippen molar-refractivity contribution in [1.29, 1.82) is 0 Å². The number of rotatable bonds is 5. The highest BCUT2D eigenvalue weighted by molar-refractivity contribution is 7.99. The van der Waals surface area contributed by atoms with Crippen LogP contribution in [0, 0.1) is 0 Å². The number of primary amides is 1. The highest BCUT2D eigenvalue weighted by Gasteiger charge is 2.37. The molecule has 0 radical (unpaired) electrons. The van der Waals surface area contributed by atoms with Crippen LogP contribution in [0.15, 0.2) is 5.16 Å². The fourth-order valence-corrected chi connectivity index (χ4v) is 4.76. The Morgan fingerprint density at radius 1 is 1.35 bits per heavy atom. The Hall–Kier alpha value is -2.08. The van der Waals surface area contributed by atoms with E-state index in [9.17, 15) is 22.8 Å². The molecule has 2 aromatic rings. The van der Waals surface area contributed by atoms with Gasteiger partial charge in [-0.1, -0.05) is 11.8 Å². The molecule has 0 saturated heterocycles. The van der Waals surface area contributed by atoms with E-state index in [1.165, 1.54) is 18.4 Å². The molecule has 0 fully saturated rings. The molecule has 1 aliphatic carbocycles. The molecule has 0 aliphatic heterocycles. The largest absolute Gasteiger partial charge is 0.451 e. The number of nitrogens with two attached hydrogens (primary N) is 1. The van der Waals surface area contributed by atoms with E-state index < -0.39 is 23.8 Å². The molecule has 0 unspecified atom stereocenters. The molecule has 0 spiro atoms. The van der Waals surface area contributed by atoms with Gasteiger partial charge in [0.2, 0.25) is 11.7 Å². The molecular formula is C14H14F3N5O2S2. The number of fused-ring (bicyclic) bond motifs is 1. The number of alkyl halides is 3. The van der Waals surface area contributed by atoms with Gasteiger partial charge in [0.25, 0.3) is 5.91 Å². The van der Waals surface area contributed by atoms with Crippen LogP contribution < -0.4 is 11.1 Å². The van der Waals surface area contributed by atoms with Crippen LogP contribution in [0.5, 0.6) is 0 Å². The standard InChI is InChI=1S/C14H14F3N5O2S2/c1-22-12(14(15,16)17)20-21-13(22)25-5-8(23)19-11-9(10(18)24)6-3-2-4-7(6)26-11/h2-5H2,1H3,(H2,18,24)(H,19,23). The molecule has 7 nitrogen and oxygen atoms in total. The summed E-state index contributed by atoms with van der Waals surface area (Å²) in [5, 5.41) is 9.53. The van der Waals surface area contributed by atoms with Crippen molar-refractivity contribution in [3.05, 3.63) is 21.8 Å². The van der Waals surface area contributed by atoms with Crippen molar-refractivity contribution >= 4 is 39.9 Å². The Morgan fingerprint density at radius 3 is 2.69 bits per heavy atom.